The molecular weight excluding hydrogens is 252 g/mol. The van der Waals surface area contributed by atoms with Gasteiger partial charge < -0.3 is 14.6 Å². The quantitative estimate of drug-likeness (QED) is 0.862. The van der Waals surface area contributed by atoms with E-state index in [1.54, 1.807) is 7.11 Å². The molecule has 1 aromatic rings. The van der Waals surface area contributed by atoms with Crippen LogP contribution in [0.25, 0.3) is 0 Å². The molecule has 2 rings (SSSR count). The summed E-state index contributed by atoms with van der Waals surface area (Å²) in [6.45, 7) is 2.60. The van der Waals surface area contributed by atoms with Crippen molar-refractivity contribution in [1.29, 1.82) is 0 Å². The molecule has 20 heavy (non-hydrogen) atoms. The maximum absolute atomic E-state index is 10.3. The van der Waals surface area contributed by atoms with Crippen molar-refractivity contribution in [3.05, 3.63) is 29.8 Å². The zero-order valence-electron chi connectivity index (χ0n) is 12.5. The fourth-order valence-corrected chi connectivity index (χ4v) is 3.02. The Labute approximate surface area is 121 Å². The van der Waals surface area contributed by atoms with Gasteiger partial charge in [0.2, 0.25) is 0 Å². The average molecular weight is 278 g/mol. The summed E-state index contributed by atoms with van der Waals surface area (Å²) < 4.78 is 11.2. The minimum atomic E-state index is -0.617. The lowest BCUT2D eigenvalue weighted by Crippen LogP contribution is -2.24. The van der Waals surface area contributed by atoms with Crippen LogP contribution in [-0.4, -0.2) is 24.9 Å². The molecule has 1 aliphatic rings. The predicted molar refractivity (Wildman–Crippen MR) is 79.9 cm³/mol. The molecule has 1 saturated carbocycles. The zero-order valence-corrected chi connectivity index (χ0v) is 12.5. The number of ether oxygens (including phenoxy) is 2. The van der Waals surface area contributed by atoms with Gasteiger partial charge in [0.05, 0.1) is 19.8 Å². The standard InChI is InChI=1S/C17H26O3/c1-3-13-7-6-8-14(11-13)20-12-16(18)15-9-4-5-10-17(15)19-2/h4-5,9-10,13-14,16,18H,3,6-8,11-12H2,1-2H3. The minimum absolute atomic E-state index is 0.304. The Morgan fingerprint density at radius 1 is 1.30 bits per heavy atom. The Morgan fingerprint density at radius 3 is 2.85 bits per heavy atom. The van der Waals surface area contributed by atoms with Crippen LogP contribution in [-0.2, 0) is 4.74 Å². The highest BCUT2D eigenvalue weighted by atomic mass is 16.5. The maximum Gasteiger partial charge on any atom is 0.124 e. The van der Waals surface area contributed by atoms with Gasteiger partial charge in [-0.1, -0.05) is 44.4 Å². The number of aliphatic hydroxyl groups is 1. The number of methoxy groups -OCH3 is 1. The summed E-state index contributed by atoms with van der Waals surface area (Å²) in [6.07, 6.45) is 5.74. The number of hydrogen-bond donors (Lipinski definition) is 1. The van der Waals surface area contributed by atoms with Gasteiger partial charge in [-0.25, -0.2) is 0 Å². The van der Waals surface area contributed by atoms with Crippen LogP contribution in [0.4, 0.5) is 0 Å². The lowest BCUT2D eigenvalue weighted by molar-refractivity contribution is -0.0344. The van der Waals surface area contributed by atoms with Crippen LogP contribution in [0.5, 0.6) is 5.75 Å². The number of hydrogen-bond acceptors (Lipinski definition) is 3. The number of aliphatic hydroxyl groups excluding tert-OH is 1. The fraction of sp³-hybridized carbons (Fsp3) is 0.647. The summed E-state index contributed by atoms with van der Waals surface area (Å²) in [7, 11) is 1.62. The first-order chi connectivity index (χ1) is 9.74. The molecule has 0 aromatic heterocycles. The summed E-state index contributed by atoms with van der Waals surface area (Å²) in [5.41, 5.74) is 0.804. The Morgan fingerprint density at radius 2 is 2.10 bits per heavy atom. The largest absolute Gasteiger partial charge is 0.496 e. The molecule has 1 aliphatic carbocycles. The van der Waals surface area contributed by atoms with Crippen molar-refractivity contribution in [3.63, 3.8) is 0 Å². The van der Waals surface area contributed by atoms with Gasteiger partial charge in [0.1, 0.15) is 11.9 Å². The molecule has 0 bridgehead atoms. The van der Waals surface area contributed by atoms with Crippen LogP contribution in [0.1, 0.15) is 50.7 Å². The molecule has 0 spiro atoms. The molecule has 0 aliphatic heterocycles. The Bertz CT molecular complexity index is 405. The van der Waals surface area contributed by atoms with Crippen LogP contribution in [0.2, 0.25) is 0 Å². The summed E-state index contributed by atoms with van der Waals surface area (Å²) in [4.78, 5) is 0. The van der Waals surface area contributed by atoms with Crippen LogP contribution in [0.15, 0.2) is 24.3 Å². The van der Waals surface area contributed by atoms with E-state index >= 15 is 0 Å². The molecule has 0 radical (unpaired) electrons. The van der Waals surface area contributed by atoms with E-state index in [1.807, 2.05) is 24.3 Å². The Balaban J connectivity index is 1.87. The first-order valence-electron chi connectivity index (χ1n) is 7.67. The molecule has 3 heteroatoms. The van der Waals surface area contributed by atoms with Crippen LogP contribution in [0.3, 0.4) is 0 Å². The van der Waals surface area contributed by atoms with Gasteiger partial charge in [0.15, 0.2) is 0 Å². The van der Waals surface area contributed by atoms with Crippen molar-refractivity contribution in [2.45, 2.75) is 51.2 Å². The zero-order chi connectivity index (χ0) is 14.4. The second-order valence-corrected chi connectivity index (χ2v) is 5.65. The van der Waals surface area contributed by atoms with Gasteiger partial charge in [-0.2, -0.15) is 0 Å². The summed E-state index contributed by atoms with van der Waals surface area (Å²) >= 11 is 0. The smallest absolute Gasteiger partial charge is 0.124 e. The molecule has 0 amide bonds. The third-order valence-electron chi connectivity index (χ3n) is 4.30. The molecule has 3 atom stereocenters. The maximum atomic E-state index is 10.3. The highest BCUT2D eigenvalue weighted by Gasteiger charge is 2.22. The normalized spacial score (nSPS) is 24.4. The van der Waals surface area contributed by atoms with E-state index in [9.17, 15) is 5.11 Å². The monoisotopic (exact) mass is 278 g/mol. The van der Waals surface area contributed by atoms with E-state index in [4.69, 9.17) is 9.47 Å². The molecule has 112 valence electrons. The van der Waals surface area contributed by atoms with Crippen LogP contribution >= 0.6 is 0 Å². The SMILES string of the molecule is CCC1CCCC(OCC(O)c2ccccc2OC)C1. The third-order valence-corrected chi connectivity index (χ3v) is 4.30. The molecule has 1 aromatic carbocycles. The summed E-state index contributed by atoms with van der Waals surface area (Å²) in [5, 5.41) is 10.3. The van der Waals surface area contributed by atoms with Gasteiger partial charge in [-0.3, -0.25) is 0 Å². The van der Waals surface area contributed by atoms with Gasteiger partial charge in [0, 0.05) is 5.56 Å². The van der Waals surface area contributed by atoms with Gasteiger partial charge >= 0.3 is 0 Å². The topological polar surface area (TPSA) is 38.7 Å². The van der Waals surface area contributed by atoms with E-state index in [0.717, 1.165) is 30.1 Å². The lowest BCUT2D eigenvalue weighted by atomic mass is 9.85. The molecular formula is C17H26O3. The first-order valence-corrected chi connectivity index (χ1v) is 7.67. The molecule has 0 heterocycles. The lowest BCUT2D eigenvalue weighted by Gasteiger charge is -2.29. The van der Waals surface area contributed by atoms with Crippen molar-refractivity contribution < 1.29 is 14.6 Å². The van der Waals surface area contributed by atoms with E-state index in [1.165, 1.54) is 19.3 Å². The van der Waals surface area contributed by atoms with Crippen molar-refractivity contribution in [3.8, 4) is 5.75 Å². The van der Waals surface area contributed by atoms with E-state index < -0.39 is 6.10 Å². The second kappa shape index (κ2) is 7.65. The molecule has 3 unspecified atom stereocenters. The van der Waals surface area contributed by atoms with E-state index in [-0.39, 0.29) is 0 Å². The number of rotatable bonds is 6. The van der Waals surface area contributed by atoms with Crippen molar-refractivity contribution in [2.24, 2.45) is 5.92 Å². The minimum Gasteiger partial charge on any atom is -0.496 e. The predicted octanol–water partition coefficient (Wildman–Crippen LogP) is 3.71. The van der Waals surface area contributed by atoms with Crippen molar-refractivity contribution in [2.75, 3.05) is 13.7 Å². The fourth-order valence-electron chi connectivity index (χ4n) is 3.02. The van der Waals surface area contributed by atoms with E-state index in [0.29, 0.717) is 12.7 Å². The van der Waals surface area contributed by atoms with Crippen molar-refractivity contribution >= 4 is 0 Å². The van der Waals surface area contributed by atoms with Gasteiger partial charge in [-0.15, -0.1) is 0 Å². The average Bonchev–Trinajstić information content (AvgIpc) is 2.52. The van der Waals surface area contributed by atoms with Gasteiger partial charge in [-0.05, 0) is 24.8 Å². The highest BCUT2D eigenvalue weighted by molar-refractivity contribution is 5.34. The summed E-state index contributed by atoms with van der Waals surface area (Å²) in [5.74, 6) is 1.51. The van der Waals surface area contributed by atoms with Gasteiger partial charge in [0.25, 0.3) is 0 Å². The van der Waals surface area contributed by atoms with Crippen LogP contribution < -0.4 is 4.74 Å². The van der Waals surface area contributed by atoms with Crippen LogP contribution in [0, 0.1) is 5.92 Å². The molecule has 0 saturated heterocycles. The second-order valence-electron chi connectivity index (χ2n) is 5.65. The molecule has 3 nitrogen and oxygen atoms in total. The Kier molecular flexibility index (Phi) is 5.86. The first kappa shape index (κ1) is 15.3. The Hall–Kier alpha value is -1.06. The number of para-hydroxylation sites is 1. The highest BCUT2D eigenvalue weighted by Crippen LogP contribution is 2.30. The van der Waals surface area contributed by atoms with Crippen molar-refractivity contribution in [1.82, 2.24) is 0 Å². The third kappa shape index (κ3) is 3.97. The van der Waals surface area contributed by atoms with E-state index in [2.05, 4.69) is 6.92 Å². The number of benzene rings is 1. The molecule has 1 N–H and O–H groups in total. The molecule has 1 fully saturated rings. The summed E-state index contributed by atoms with van der Waals surface area (Å²) in [6, 6.07) is 7.58.